The number of sulfone groups is 1. The zero-order valence-electron chi connectivity index (χ0n) is 17.9. The molecule has 168 valence electrons. The van der Waals surface area contributed by atoms with E-state index in [1.165, 1.54) is 29.2 Å². The minimum absolute atomic E-state index is 0.000581. The van der Waals surface area contributed by atoms with E-state index in [0.717, 1.165) is 5.41 Å². The highest BCUT2D eigenvalue weighted by Crippen LogP contribution is 2.42. The van der Waals surface area contributed by atoms with Crippen LogP contribution in [0.4, 0.5) is 15.8 Å². The SMILES string of the molecule is CC(C)(C)[C@H]1C(O)=C(C2=CS(=O)(=O)c3cc(N)ccc3N2)C(=O)N1Cc1ccc(F)cc1. The fourth-order valence-corrected chi connectivity index (χ4v) is 5.47. The lowest BCUT2D eigenvalue weighted by Crippen LogP contribution is -2.43. The first-order valence-electron chi connectivity index (χ1n) is 10.0. The second kappa shape index (κ2) is 7.37. The van der Waals surface area contributed by atoms with E-state index in [-0.39, 0.29) is 34.2 Å². The number of halogens is 1. The number of nitrogens with two attached hydrogens (primary N) is 1. The Balaban J connectivity index is 1.78. The molecule has 1 atom stereocenters. The van der Waals surface area contributed by atoms with Crippen LogP contribution in [-0.4, -0.2) is 30.4 Å². The number of benzene rings is 2. The zero-order chi connectivity index (χ0) is 23.4. The number of rotatable bonds is 3. The number of nitrogen functional groups attached to an aromatic ring is 1. The van der Waals surface area contributed by atoms with Crippen LogP contribution >= 0.6 is 0 Å². The standard InChI is InChI=1S/C23H24FN3O4S/c1-23(2,3)21-20(28)19(22(29)27(21)11-13-4-6-14(24)7-5-13)17-12-32(30,31)18-10-15(25)8-9-16(18)26-17/h4-10,12,21,26,28H,11,25H2,1-3H3/t21-/m1/s1. The lowest BCUT2D eigenvalue weighted by Gasteiger charge is -2.35. The van der Waals surface area contributed by atoms with Crippen LogP contribution in [0.2, 0.25) is 0 Å². The van der Waals surface area contributed by atoms with Crippen molar-refractivity contribution in [3.05, 3.63) is 76.3 Å². The summed E-state index contributed by atoms with van der Waals surface area (Å²) in [5, 5.41) is 15.0. The molecule has 2 aliphatic heterocycles. The summed E-state index contributed by atoms with van der Waals surface area (Å²) in [7, 11) is -3.89. The van der Waals surface area contributed by atoms with Crippen LogP contribution < -0.4 is 11.1 Å². The lowest BCUT2D eigenvalue weighted by atomic mass is 9.85. The quantitative estimate of drug-likeness (QED) is 0.606. The Labute approximate surface area is 186 Å². The normalized spacial score (nSPS) is 20.1. The third kappa shape index (κ3) is 3.73. The number of carbonyl (C=O) groups is 1. The molecule has 2 aliphatic rings. The van der Waals surface area contributed by atoms with Gasteiger partial charge in [0.05, 0.1) is 27.7 Å². The Bertz CT molecular complexity index is 1280. The van der Waals surface area contributed by atoms with Crippen molar-refractivity contribution in [2.75, 3.05) is 11.1 Å². The molecule has 0 bridgehead atoms. The van der Waals surface area contributed by atoms with Gasteiger partial charge in [-0.15, -0.1) is 0 Å². The fourth-order valence-electron chi connectivity index (χ4n) is 4.13. The first-order chi connectivity index (χ1) is 14.9. The number of nitrogens with one attached hydrogen (secondary N) is 1. The molecule has 0 unspecified atom stereocenters. The van der Waals surface area contributed by atoms with Crippen molar-refractivity contribution in [1.82, 2.24) is 4.90 Å². The Hall–Kier alpha value is -3.33. The number of nitrogens with zero attached hydrogens (tertiary/aromatic N) is 1. The van der Waals surface area contributed by atoms with Gasteiger partial charge >= 0.3 is 0 Å². The Morgan fingerprint density at radius 2 is 1.81 bits per heavy atom. The molecule has 0 fully saturated rings. The molecule has 0 saturated heterocycles. The number of anilines is 2. The maximum Gasteiger partial charge on any atom is 0.260 e. The topological polar surface area (TPSA) is 113 Å². The molecular formula is C23H24FN3O4S. The van der Waals surface area contributed by atoms with E-state index in [2.05, 4.69) is 5.32 Å². The minimum Gasteiger partial charge on any atom is -0.509 e. The van der Waals surface area contributed by atoms with Crippen LogP contribution in [0.15, 0.2) is 69.8 Å². The van der Waals surface area contributed by atoms with Gasteiger partial charge in [-0.3, -0.25) is 4.79 Å². The predicted octanol–water partition coefficient (Wildman–Crippen LogP) is 3.72. The van der Waals surface area contributed by atoms with Crippen LogP contribution in [0.3, 0.4) is 0 Å². The molecule has 32 heavy (non-hydrogen) atoms. The van der Waals surface area contributed by atoms with Crippen molar-refractivity contribution < 1.29 is 22.7 Å². The Kier molecular flexibility index (Phi) is 5.04. The summed E-state index contributed by atoms with van der Waals surface area (Å²) in [5.74, 6) is -1.12. The van der Waals surface area contributed by atoms with Crippen molar-refractivity contribution in [2.24, 2.45) is 5.41 Å². The van der Waals surface area contributed by atoms with Gasteiger partial charge in [-0.1, -0.05) is 32.9 Å². The third-order valence-electron chi connectivity index (χ3n) is 5.51. The summed E-state index contributed by atoms with van der Waals surface area (Å²) in [5.41, 5.74) is 6.32. The molecule has 1 amide bonds. The molecule has 2 aromatic rings. The summed E-state index contributed by atoms with van der Waals surface area (Å²) in [6.45, 7) is 5.75. The van der Waals surface area contributed by atoms with Crippen LogP contribution in [0.1, 0.15) is 26.3 Å². The molecular weight excluding hydrogens is 433 g/mol. The smallest absolute Gasteiger partial charge is 0.260 e. The van der Waals surface area contributed by atoms with Gasteiger partial charge in [-0.25, -0.2) is 12.8 Å². The molecule has 7 nitrogen and oxygen atoms in total. The average molecular weight is 458 g/mol. The van der Waals surface area contributed by atoms with Crippen molar-refractivity contribution >= 4 is 27.1 Å². The van der Waals surface area contributed by atoms with Gasteiger partial charge in [0.15, 0.2) is 0 Å². The number of fused-ring (bicyclic) bond motifs is 1. The van der Waals surface area contributed by atoms with Crippen LogP contribution in [0.5, 0.6) is 0 Å². The average Bonchev–Trinajstić information content (AvgIpc) is 2.93. The van der Waals surface area contributed by atoms with Gasteiger partial charge in [-0.05, 0) is 41.3 Å². The summed E-state index contributed by atoms with van der Waals surface area (Å²) in [4.78, 5) is 14.9. The summed E-state index contributed by atoms with van der Waals surface area (Å²) in [6.07, 6.45) is 0. The minimum atomic E-state index is -3.89. The number of aliphatic hydroxyl groups excluding tert-OH is 1. The number of aliphatic hydroxyl groups is 1. The van der Waals surface area contributed by atoms with E-state index in [1.807, 2.05) is 20.8 Å². The maximum absolute atomic E-state index is 13.5. The molecule has 9 heteroatoms. The molecule has 0 radical (unpaired) electrons. The van der Waals surface area contributed by atoms with Gasteiger partial charge in [0.2, 0.25) is 9.84 Å². The number of hydrogen-bond acceptors (Lipinski definition) is 6. The maximum atomic E-state index is 13.5. The third-order valence-corrected chi connectivity index (χ3v) is 7.01. The summed E-state index contributed by atoms with van der Waals surface area (Å²) in [6, 6.07) is 9.45. The number of carbonyl (C=O) groups excluding carboxylic acids is 1. The molecule has 0 spiro atoms. The molecule has 0 aliphatic carbocycles. The molecule has 0 aromatic heterocycles. The first kappa shape index (κ1) is 21.9. The van der Waals surface area contributed by atoms with Gasteiger partial charge in [0, 0.05) is 12.2 Å². The van der Waals surface area contributed by atoms with Crippen molar-refractivity contribution in [3.63, 3.8) is 0 Å². The summed E-state index contributed by atoms with van der Waals surface area (Å²) >= 11 is 0. The van der Waals surface area contributed by atoms with Crippen molar-refractivity contribution in [2.45, 2.75) is 38.3 Å². The molecule has 2 heterocycles. The van der Waals surface area contributed by atoms with E-state index in [0.29, 0.717) is 11.3 Å². The van der Waals surface area contributed by atoms with E-state index in [4.69, 9.17) is 5.73 Å². The highest BCUT2D eigenvalue weighted by Gasteiger charge is 2.47. The van der Waals surface area contributed by atoms with Crippen LogP contribution in [-0.2, 0) is 21.2 Å². The second-order valence-electron chi connectivity index (χ2n) is 9.05. The Morgan fingerprint density at radius 1 is 1.16 bits per heavy atom. The summed E-state index contributed by atoms with van der Waals surface area (Å²) < 4.78 is 39.0. The van der Waals surface area contributed by atoms with Crippen LogP contribution in [0.25, 0.3) is 0 Å². The van der Waals surface area contributed by atoms with Gasteiger partial charge in [0.25, 0.3) is 5.91 Å². The van der Waals surface area contributed by atoms with Gasteiger partial charge < -0.3 is 21.1 Å². The van der Waals surface area contributed by atoms with Crippen molar-refractivity contribution in [1.29, 1.82) is 0 Å². The largest absolute Gasteiger partial charge is 0.509 e. The van der Waals surface area contributed by atoms with E-state index < -0.39 is 33.0 Å². The second-order valence-corrected chi connectivity index (χ2v) is 10.8. The molecule has 4 N–H and O–H groups in total. The fraction of sp³-hybridized carbons (Fsp3) is 0.261. The molecule has 4 rings (SSSR count). The van der Waals surface area contributed by atoms with Gasteiger partial charge in [-0.2, -0.15) is 0 Å². The Morgan fingerprint density at radius 3 is 2.44 bits per heavy atom. The first-order valence-corrected chi connectivity index (χ1v) is 11.6. The van der Waals surface area contributed by atoms with Gasteiger partial charge in [0.1, 0.15) is 17.1 Å². The highest BCUT2D eigenvalue weighted by molar-refractivity contribution is 7.94. The van der Waals surface area contributed by atoms with Crippen molar-refractivity contribution in [3.8, 4) is 0 Å². The lowest BCUT2D eigenvalue weighted by molar-refractivity contribution is -0.129. The highest BCUT2D eigenvalue weighted by atomic mass is 32.2. The monoisotopic (exact) mass is 457 g/mol. The predicted molar refractivity (Wildman–Crippen MR) is 120 cm³/mol. The number of amides is 1. The zero-order valence-corrected chi connectivity index (χ0v) is 18.7. The molecule has 2 aromatic carbocycles. The van der Waals surface area contributed by atoms with Crippen LogP contribution in [0, 0.1) is 11.2 Å². The number of hydrogen-bond donors (Lipinski definition) is 3. The van der Waals surface area contributed by atoms with E-state index >= 15 is 0 Å². The molecule has 0 saturated carbocycles. The van der Waals surface area contributed by atoms with E-state index in [9.17, 15) is 22.7 Å². The van der Waals surface area contributed by atoms with E-state index in [1.54, 1.807) is 18.2 Å².